The normalized spacial score (nSPS) is 20.5. The van der Waals surface area contributed by atoms with E-state index in [4.69, 9.17) is 14.3 Å². The predicted octanol–water partition coefficient (Wildman–Crippen LogP) is 0.297. The number of piperazine rings is 1. The van der Waals surface area contributed by atoms with Crippen molar-refractivity contribution in [3.63, 3.8) is 0 Å². The number of carbonyl (C=O) groups is 6. The van der Waals surface area contributed by atoms with Crippen LogP contribution in [0.5, 0.6) is 0 Å². The lowest BCUT2D eigenvalue weighted by Gasteiger charge is -2.51. The Labute approximate surface area is 303 Å². The number of rotatable bonds is 11. The van der Waals surface area contributed by atoms with Crippen LogP contribution < -0.4 is 15.7 Å². The highest BCUT2D eigenvalue weighted by atomic mass is 35.5. The number of halogens is 1. The van der Waals surface area contributed by atoms with E-state index >= 15 is 0 Å². The van der Waals surface area contributed by atoms with Crippen molar-refractivity contribution in [3.8, 4) is 0 Å². The first-order chi connectivity index (χ1) is 22.8. The second-order valence-corrected chi connectivity index (χ2v) is 15.9. The van der Waals surface area contributed by atoms with Crippen LogP contribution >= 0.6 is 35.5 Å². The Morgan fingerprint density at radius 3 is 2.34 bits per heavy atom. The molecule has 0 unspecified atom stereocenters. The molecule has 17 nitrogen and oxygen atoms in total. The molecule has 2 saturated heterocycles. The molecule has 2 atom stereocenters. The van der Waals surface area contributed by atoms with Crippen molar-refractivity contribution in [2.45, 2.75) is 64.2 Å². The number of nitrogens with zero attached hydrogens (tertiary/aromatic N) is 5. The molecule has 1 aromatic rings. The van der Waals surface area contributed by atoms with E-state index in [2.05, 4.69) is 20.8 Å². The summed E-state index contributed by atoms with van der Waals surface area (Å²) in [6.45, 7) is 12.0. The number of likely N-dealkylation sites (N-methyl/N-ethyl adjacent to an activating group) is 1. The molecular weight excluding hydrogens is 718 g/mol. The van der Waals surface area contributed by atoms with E-state index in [1.54, 1.807) is 46.4 Å². The van der Waals surface area contributed by atoms with Crippen LogP contribution in [0.2, 0.25) is 0 Å². The number of β-lactam (4-membered cyclic amide) rings is 1. The SMILES string of the molecule is CC(C)(C)OC(=O)CON=C(C(=O)N[C@@H]1C(=O)N2C(C(=O)[O-])=C(C[N+]3(C)CCN(C(=O)OC(C)(C)C)CC3)CS[C@H]12)c1csc(NC=O)n1.Cl. The number of amides is 4. The molecule has 276 valence electrons. The molecule has 0 aromatic carbocycles. The van der Waals surface area contributed by atoms with Gasteiger partial charge in [0.25, 0.3) is 11.8 Å². The number of thioether (sulfide) groups is 1. The third kappa shape index (κ3) is 10.1. The van der Waals surface area contributed by atoms with Gasteiger partial charge in [0.15, 0.2) is 10.8 Å². The van der Waals surface area contributed by atoms with E-state index in [0.717, 1.165) is 16.2 Å². The molecule has 0 bridgehead atoms. The maximum atomic E-state index is 13.5. The Kier molecular flexibility index (Phi) is 12.9. The number of quaternary nitrogens is 1. The van der Waals surface area contributed by atoms with Crippen LogP contribution in [0.25, 0.3) is 0 Å². The largest absolute Gasteiger partial charge is 0.543 e. The summed E-state index contributed by atoms with van der Waals surface area (Å²) in [7, 11) is 1.96. The molecule has 4 heterocycles. The van der Waals surface area contributed by atoms with Crippen LogP contribution in [-0.2, 0) is 38.3 Å². The minimum atomic E-state index is -1.51. The summed E-state index contributed by atoms with van der Waals surface area (Å²) in [6.07, 6.45) is 0.00272. The second kappa shape index (κ2) is 15.9. The number of nitrogens with one attached hydrogen (secondary N) is 2. The van der Waals surface area contributed by atoms with Gasteiger partial charge in [0.2, 0.25) is 13.0 Å². The van der Waals surface area contributed by atoms with Crippen LogP contribution in [0.15, 0.2) is 21.8 Å². The molecule has 2 N–H and O–H groups in total. The van der Waals surface area contributed by atoms with E-state index in [0.29, 0.717) is 49.2 Å². The van der Waals surface area contributed by atoms with Gasteiger partial charge in [-0.3, -0.25) is 24.2 Å². The number of aliphatic carboxylic acids is 1. The quantitative estimate of drug-likeness (QED) is 0.0780. The van der Waals surface area contributed by atoms with Crippen molar-refractivity contribution < 1.29 is 52.7 Å². The van der Waals surface area contributed by atoms with Crippen LogP contribution in [0.4, 0.5) is 9.93 Å². The fourth-order valence-corrected chi connectivity index (χ4v) is 7.29. The van der Waals surface area contributed by atoms with Crippen molar-refractivity contribution >= 4 is 82.6 Å². The standard InChI is InChI=1S/C30H41N7O10S2.ClH/c1-29(2,3)46-19(39)13-45-34-20(18-15-49-27(32-18)31-16-38)23(40)33-21-24(41)36-22(26(42)43)17(14-48-25(21)36)12-37(7)10-8-35(9-11-37)28(44)47-30(4,5)6;/h15-16,21,25H,8-14H2,1-7H3,(H2-,31,32,33,38,40,42,43);1H/t21-,25-;/m1./s1. The van der Waals surface area contributed by atoms with Gasteiger partial charge in [-0.1, -0.05) is 5.16 Å². The zero-order chi connectivity index (χ0) is 36.3. The maximum absolute atomic E-state index is 13.5. The number of ether oxygens (including phenoxy) is 2. The van der Waals surface area contributed by atoms with E-state index in [1.807, 2.05) is 7.05 Å². The summed E-state index contributed by atoms with van der Waals surface area (Å²) in [4.78, 5) is 86.7. The minimum Gasteiger partial charge on any atom is -0.543 e. The van der Waals surface area contributed by atoms with Gasteiger partial charge in [-0.2, -0.15) is 0 Å². The maximum Gasteiger partial charge on any atom is 0.410 e. The topological polar surface area (TPSA) is 209 Å². The van der Waals surface area contributed by atoms with Gasteiger partial charge in [-0.15, -0.1) is 35.5 Å². The number of carboxylic acid groups (broad SMARTS) is 1. The zero-order valence-electron chi connectivity index (χ0n) is 28.8. The molecule has 0 radical (unpaired) electrons. The molecule has 0 saturated carbocycles. The fourth-order valence-electron chi connectivity index (χ4n) is 5.30. The van der Waals surface area contributed by atoms with Crippen LogP contribution in [-0.4, -0.2) is 136 Å². The first-order valence-corrected chi connectivity index (χ1v) is 17.3. The summed E-state index contributed by atoms with van der Waals surface area (Å²) < 4.78 is 11.1. The average molecular weight is 760 g/mol. The van der Waals surface area contributed by atoms with Gasteiger partial charge >= 0.3 is 12.1 Å². The van der Waals surface area contributed by atoms with Crippen LogP contribution in [0.1, 0.15) is 47.2 Å². The number of thiazole rings is 1. The molecule has 4 amide bonds. The van der Waals surface area contributed by atoms with E-state index in [9.17, 15) is 33.9 Å². The third-order valence-corrected chi connectivity index (χ3v) is 9.59. The van der Waals surface area contributed by atoms with Crippen molar-refractivity contribution in [1.82, 2.24) is 20.1 Å². The first kappa shape index (κ1) is 40.5. The molecule has 0 spiro atoms. The van der Waals surface area contributed by atoms with Gasteiger partial charge in [-0.25, -0.2) is 14.6 Å². The summed E-state index contributed by atoms with van der Waals surface area (Å²) in [5.41, 5.74) is -1.50. The van der Waals surface area contributed by atoms with Gasteiger partial charge in [-0.05, 0) is 41.5 Å². The monoisotopic (exact) mass is 759 g/mol. The number of esters is 1. The van der Waals surface area contributed by atoms with Crippen LogP contribution in [0.3, 0.4) is 0 Å². The van der Waals surface area contributed by atoms with Crippen LogP contribution in [0, 0.1) is 0 Å². The number of hydrogen-bond donors (Lipinski definition) is 2. The smallest absolute Gasteiger partial charge is 0.410 e. The van der Waals surface area contributed by atoms with Crippen molar-refractivity contribution in [2.75, 3.05) is 57.4 Å². The Balaban J connectivity index is 0.00000676. The van der Waals surface area contributed by atoms with Crippen molar-refractivity contribution in [3.05, 3.63) is 22.3 Å². The number of fused-ring (bicyclic) bond motifs is 1. The highest BCUT2D eigenvalue weighted by molar-refractivity contribution is 8.00. The summed E-state index contributed by atoms with van der Waals surface area (Å²) in [6, 6.07) is -1.11. The lowest BCUT2D eigenvalue weighted by molar-refractivity contribution is -0.908. The molecule has 1 aromatic heterocycles. The molecule has 2 fully saturated rings. The summed E-state index contributed by atoms with van der Waals surface area (Å²) in [5, 5.41) is 22.0. The van der Waals surface area contributed by atoms with Crippen molar-refractivity contribution in [2.24, 2.45) is 5.16 Å². The molecule has 3 aliphatic heterocycles. The predicted molar refractivity (Wildman–Crippen MR) is 183 cm³/mol. The number of carbonyl (C=O) groups excluding carboxylic acids is 6. The third-order valence-electron chi connectivity index (χ3n) is 7.47. The lowest BCUT2D eigenvalue weighted by Crippen LogP contribution is -2.72. The number of carboxylic acids is 1. The molecule has 4 rings (SSSR count). The Morgan fingerprint density at radius 2 is 1.76 bits per heavy atom. The van der Waals surface area contributed by atoms with Crippen molar-refractivity contribution in [1.29, 1.82) is 0 Å². The van der Waals surface area contributed by atoms with E-state index in [1.165, 1.54) is 17.1 Å². The minimum absolute atomic E-state index is 0. The highest BCUT2D eigenvalue weighted by Gasteiger charge is 2.54. The van der Waals surface area contributed by atoms with Gasteiger partial charge in [0.1, 0.15) is 34.9 Å². The molecular formula is C30H42ClN7O10S2. The summed E-state index contributed by atoms with van der Waals surface area (Å²) in [5.74, 6) is -3.51. The Morgan fingerprint density at radius 1 is 1.12 bits per heavy atom. The highest BCUT2D eigenvalue weighted by Crippen LogP contribution is 2.41. The van der Waals surface area contributed by atoms with Gasteiger partial charge in [0.05, 0.1) is 44.9 Å². The molecule has 3 aliphatic rings. The van der Waals surface area contributed by atoms with E-state index < -0.39 is 59.1 Å². The van der Waals surface area contributed by atoms with Gasteiger partial charge in [0, 0.05) is 16.7 Å². The number of hydrogen-bond acceptors (Lipinski definition) is 14. The molecule has 0 aliphatic carbocycles. The Bertz CT molecular complexity index is 1560. The number of aromatic nitrogens is 1. The zero-order valence-corrected chi connectivity index (χ0v) is 31.3. The fraction of sp³-hybridized carbons (Fsp3) is 0.600. The second-order valence-electron chi connectivity index (χ2n) is 13.9. The Hall–Kier alpha value is -3.94. The number of oxime groups is 1. The molecule has 50 heavy (non-hydrogen) atoms. The first-order valence-electron chi connectivity index (χ1n) is 15.4. The average Bonchev–Trinajstić information content (AvgIpc) is 3.44. The molecule has 20 heteroatoms. The van der Waals surface area contributed by atoms with E-state index in [-0.39, 0.29) is 40.4 Å². The lowest BCUT2D eigenvalue weighted by atomic mass is 10.0. The number of anilines is 1. The summed E-state index contributed by atoms with van der Waals surface area (Å²) >= 11 is 2.29. The van der Waals surface area contributed by atoms with Gasteiger partial charge < -0.3 is 39.3 Å².